The molecule has 0 fully saturated rings. The normalized spacial score (nSPS) is 10.2. The third kappa shape index (κ3) is 3.78. The first-order valence-corrected chi connectivity index (χ1v) is 6.10. The fraction of sp³-hybridized carbons (Fsp3) is 0.133. The highest BCUT2D eigenvalue weighted by atomic mass is 19.1. The minimum absolute atomic E-state index is 0.160. The van der Waals surface area contributed by atoms with Gasteiger partial charge in [0, 0.05) is 36.5 Å². The van der Waals surface area contributed by atoms with Crippen LogP contribution >= 0.6 is 0 Å². The average molecular weight is 276 g/mol. The Morgan fingerprint density at radius 1 is 1.10 bits per heavy atom. The van der Waals surface area contributed by atoms with Crippen LogP contribution in [0.1, 0.15) is 12.5 Å². The lowest BCUT2D eigenvalue weighted by Crippen LogP contribution is -2.06. The Kier molecular flexibility index (Phi) is 4.30. The molecule has 0 heterocycles. The lowest BCUT2D eigenvalue weighted by Gasteiger charge is -2.09. The fourth-order valence-electron chi connectivity index (χ4n) is 1.77. The number of hydrogen-bond acceptors (Lipinski definition) is 2. The van der Waals surface area contributed by atoms with E-state index in [9.17, 15) is 13.6 Å². The summed E-state index contributed by atoms with van der Waals surface area (Å²) >= 11 is 0. The molecule has 5 heteroatoms. The maximum absolute atomic E-state index is 13.5. The summed E-state index contributed by atoms with van der Waals surface area (Å²) in [5.41, 5.74) is 1.76. The van der Waals surface area contributed by atoms with Crippen molar-refractivity contribution in [3.63, 3.8) is 0 Å². The van der Waals surface area contributed by atoms with Crippen molar-refractivity contribution >= 4 is 17.3 Å². The summed E-state index contributed by atoms with van der Waals surface area (Å²) in [4.78, 5) is 11.0. The predicted molar refractivity (Wildman–Crippen MR) is 74.4 cm³/mol. The van der Waals surface area contributed by atoms with E-state index in [2.05, 4.69) is 10.6 Å². The zero-order chi connectivity index (χ0) is 14.5. The summed E-state index contributed by atoms with van der Waals surface area (Å²) in [6.07, 6.45) is 0. The zero-order valence-corrected chi connectivity index (χ0v) is 10.9. The lowest BCUT2D eigenvalue weighted by atomic mass is 10.2. The van der Waals surface area contributed by atoms with Crippen molar-refractivity contribution in [1.82, 2.24) is 0 Å². The van der Waals surface area contributed by atoms with E-state index in [4.69, 9.17) is 0 Å². The van der Waals surface area contributed by atoms with Gasteiger partial charge in [0.25, 0.3) is 0 Å². The largest absolute Gasteiger partial charge is 0.381 e. The molecule has 0 unspecified atom stereocenters. The Morgan fingerprint density at radius 3 is 2.55 bits per heavy atom. The van der Waals surface area contributed by atoms with E-state index < -0.39 is 11.6 Å². The molecule has 0 aromatic heterocycles. The Labute approximate surface area is 115 Å². The van der Waals surface area contributed by atoms with Crippen molar-refractivity contribution in [2.45, 2.75) is 13.5 Å². The van der Waals surface area contributed by atoms with Gasteiger partial charge < -0.3 is 10.6 Å². The molecule has 0 saturated heterocycles. The maximum Gasteiger partial charge on any atom is 0.221 e. The quantitative estimate of drug-likeness (QED) is 0.896. The van der Waals surface area contributed by atoms with E-state index in [1.54, 1.807) is 24.3 Å². The van der Waals surface area contributed by atoms with Gasteiger partial charge in [0.2, 0.25) is 5.91 Å². The molecular weight excluding hydrogens is 262 g/mol. The summed E-state index contributed by atoms with van der Waals surface area (Å²) < 4.78 is 26.3. The van der Waals surface area contributed by atoms with Crippen LogP contribution in [0.5, 0.6) is 0 Å². The van der Waals surface area contributed by atoms with Crippen molar-refractivity contribution in [1.29, 1.82) is 0 Å². The van der Waals surface area contributed by atoms with Gasteiger partial charge in [0.15, 0.2) is 0 Å². The average Bonchev–Trinajstić information content (AvgIpc) is 2.37. The van der Waals surface area contributed by atoms with Crippen LogP contribution in [0.15, 0.2) is 42.5 Å². The monoisotopic (exact) mass is 276 g/mol. The zero-order valence-electron chi connectivity index (χ0n) is 10.9. The Hall–Kier alpha value is -2.43. The van der Waals surface area contributed by atoms with E-state index in [1.165, 1.54) is 19.1 Å². The highest BCUT2D eigenvalue weighted by Crippen LogP contribution is 2.17. The molecule has 20 heavy (non-hydrogen) atoms. The molecule has 0 spiro atoms. The first-order chi connectivity index (χ1) is 9.54. The summed E-state index contributed by atoms with van der Waals surface area (Å²) in [6.45, 7) is 1.66. The highest BCUT2D eigenvalue weighted by molar-refractivity contribution is 5.89. The number of carbonyl (C=O) groups excluding carboxylic acids is 1. The van der Waals surface area contributed by atoms with Crippen LogP contribution in [0, 0.1) is 11.6 Å². The van der Waals surface area contributed by atoms with E-state index in [0.717, 1.165) is 11.8 Å². The van der Waals surface area contributed by atoms with Crippen LogP contribution in [0.25, 0.3) is 0 Å². The Bertz CT molecular complexity index is 629. The number of benzene rings is 2. The Morgan fingerprint density at radius 2 is 1.85 bits per heavy atom. The minimum atomic E-state index is -0.598. The van der Waals surface area contributed by atoms with Crippen molar-refractivity contribution in [2.75, 3.05) is 10.6 Å². The molecule has 0 radical (unpaired) electrons. The standard InChI is InChI=1S/C15H14F2N2O/c1-10(20)19-14-4-2-3-13(8-14)18-9-11-5-6-12(16)7-15(11)17/h2-8,18H,9H2,1H3,(H,19,20). The van der Waals surface area contributed by atoms with Crippen LogP contribution < -0.4 is 10.6 Å². The van der Waals surface area contributed by atoms with Gasteiger partial charge in [-0.05, 0) is 24.3 Å². The van der Waals surface area contributed by atoms with Crippen LogP contribution in [0.3, 0.4) is 0 Å². The van der Waals surface area contributed by atoms with Crippen molar-refractivity contribution in [3.05, 3.63) is 59.7 Å². The first-order valence-electron chi connectivity index (χ1n) is 6.10. The van der Waals surface area contributed by atoms with Crippen molar-refractivity contribution < 1.29 is 13.6 Å². The van der Waals surface area contributed by atoms with Gasteiger partial charge in [0.1, 0.15) is 11.6 Å². The van der Waals surface area contributed by atoms with E-state index >= 15 is 0 Å². The molecule has 0 aliphatic rings. The van der Waals surface area contributed by atoms with Gasteiger partial charge >= 0.3 is 0 Å². The van der Waals surface area contributed by atoms with Crippen LogP contribution in [0.2, 0.25) is 0 Å². The number of anilines is 2. The molecule has 0 aliphatic heterocycles. The number of halogens is 2. The second kappa shape index (κ2) is 6.14. The molecule has 2 aromatic rings. The number of nitrogens with one attached hydrogen (secondary N) is 2. The topological polar surface area (TPSA) is 41.1 Å². The van der Waals surface area contributed by atoms with E-state index in [1.807, 2.05) is 0 Å². The maximum atomic E-state index is 13.5. The third-order valence-corrected chi connectivity index (χ3v) is 2.68. The molecule has 0 saturated carbocycles. The molecule has 0 aliphatic carbocycles. The summed E-state index contributed by atoms with van der Waals surface area (Å²) in [6, 6.07) is 10.5. The highest BCUT2D eigenvalue weighted by Gasteiger charge is 2.04. The van der Waals surface area contributed by atoms with E-state index in [-0.39, 0.29) is 12.5 Å². The second-order valence-corrected chi connectivity index (χ2v) is 4.35. The summed E-state index contributed by atoms with van der Waals surface area (Å²) in [5, 5.41) is 5.68. The molecule has 2 N–H and O–H groups in total. The molecule has 0 atom stereocenters. The van der Waals surface area contributed by atoms with Crippen LogP contribution in [0.4, 0.5) is 20.2 Å². The molecule has 1 amide bonds. The number of amides is 1. The van der Waals surface area contributed by atoms with Gasteiger partial charge in [-0.25, -0.2) is 8.78 Å². The van der Waals surface area contributed by atoms with Gasteiger partial charge in [-0.2, -0.15) is 0 Å². The van der Waals surface area contributed by atoms with Crippen molar-refractivity contribution in [3.8, 4) is 0 Å². The summed E-state index contributed by atoms with van der Waals surface area (Å²) in [7, 11) is 0. The smallest absolute Gasteiger partial charge is 0.221 e. The van der Waals surface area contributed by atoms with Crippen molar-refractivity contribution in [2.24, 2.45) is 0 Å². The first kappa shape index (κ1) is 14.0. The number of hydrogen-bond donors (Lipinski definition) is 2. The molecule has 2 aromatic carbocycles. The van der Waals surface area contributed by atoms with E-state index in [0.29, 0.717) is 11.3 Å². The number of carbonyl (C=O) groups is 1. The van der Waals surface area contributed by atoms with Gasteiger partial charge in [-0.3, -0.25) is 4.79 Å². The summed E-state index contributed by atoms with van der Waals surface area (Å²) in [5.74, 6) is -1.35. The predicted octanol–water partition coefficient (Wildman–Crippen LogP) is 3.54. The minimum Gasteiger partial charge on any atom is -0.381 e. The van der Waals surface area contributed by atoms with Gasteiger partial charge in [0.05, 0.1) is 0 Å². The van der Waals surface area contributed by atoms with Gasteiger partial charge in [-0.15, -0.1) is 0 Å². The van der Waals surface area contributed by atoms with Crippen LogP contribution in [-0.4, -0.2) is 5.91 Å². The molecule has 104 valence electrons. The molecule has 0 bridgehead atoms. The molecule has 3 nitrogen and oxygen atoms in total. The van der Waals surface area contributed by atoms with Gasteiger partial charge in [-0.1, -0.05) is 12.1 Å². The Balaban J connectivity index is 2.05. The SMILES string of the molecule is CC(=O)Nc1cccc(NCc2ccc(F)cc2F)c1. The number of rotatable bonds is 4. The lowest BCUT2D eigenvalue weighted by molar-refractivity contribution is -0.114. The van der Waals surface area contributed by atoms with Crippen LogP contribution in [-0.2, 0) is 11.3 Å². The fourth-order valence-corrected chi connectivity index (χ4v) is 1.77. The molecule has 2 rings (SSSR count). The second-order valence-electron chi connectivity index (χ2n) is 4.35. The third-order valence-electron chi connectivity index (χ3n) is 2.68. The molecular formula is C15H14F2N2O.